The van der Waals surface area contributed by atoms with Crippen LogP contribution in [0.5, 0.6) is 11.5 Å². The van der Waals surface area contributed by atoms with Crippen LogP contribution in [-0.4, -0.2) is 86.5 Å². The molecule has 0 aliphatic carbocycles. The second-order valence-electron chi connectivity index (χ2n) is 12.4. The standard InChI is InChI=1S/C41H50O8/c1-3-45-25-36(43)24-31-23-35(18-20-40(31)49-29-38-28-47-38)41(32-13-7-5-8-14-32,33-15-9-6-10-16-33)34-17-19-39(30(22-34)12-11-21-42)48-27-37(44)26-46-4-2/h5-10,13-20,22-23,36-38,42-44H,3-4,11-12,21,24-29H2,1-2H3. The third kappa shape index (κ3) is 9.48. The third-order valence-corrected chi connectivity index (χ3v) is 8.75. The number of benzene rings is 4. The minimum absolute atomic E-state index is 0.0416. The molecule has 0 aromatic heterocycles. The second kappa shape index (κ2) is 18.3. The Morgan fingerprint density at radius 3 is 1.80 bits per heavy atom. The normalized spacial score (nSPS) is 15.5. The van der Waals surface area contributed by atoms with Crippen molar-refractivity contribution in [2.75, 3.05) is 52.9 Å². The number of rotatable bonds is 21. The molecule has 0 radical (unpaired) electrons. The van der Waals surface area contributed by atoms with Crippen molar-refractivity contribution < 1.29 is 39.0 Å². The molecular weight excluding hydrogens is 620 g/mol. The van der Waals surface area contributed by atoms with Crippen LogP contribution in [0.25, 0.3) is 0 Å². The van der Waals surface area contributed by atoms with Crippen molar-refractivity contribution in [1.82, 2.24) is 0 Å². The summed E-state index contributed by atoms with van der Waals surface area (Å²) >= 11 is 0. The van der Waals surface area contributed by atoms with Crippen molar-refractivity contribution in [2.24, 2.45) is 0 Å². The minimum atomic E-state index is -0.777. The number of hydrogen-bond acceptors (Lipinski definition) is 8. The molecule has 0 bridgehead atoms. The molecule has 49 heavy (non-hydrogen) atoms. The fourth-order valence-corrected chi connectivity index (χ4v) is 6.31. The highest BCUT2D eigenvalue weighted by Crippen LogP contribution is 2.47. The predicted octanol–water partition coefficient (Wildman–Crippen LogP) is 5.49. The largest absolute Gasteiger partial charge is 0.491 e. The number of aliphatic hydroxyl groups is 3. The Morgan fingerprint density at radius 1 is 0.694 bits per heavy atom. The molecule has 4 aromatic rings. The van der Waals surface area contributed by atoms with Crippen molar-refractivity contribution in [3.05, 3.63) is 130 Å². The van der Waals surface area contributed by atoms with E-state index in [1.807, 2.05) is 38.1 Å². The maximum absolute atomic E-state index is 11.0. The van der Waals surface area contributed by atoms with E-state index in [-0.39, 0.29) is 32.5 Å². The zero-order chi connectivity index (χ0) is 34.5. The van der Waals surface area contributed by atoms with E-state index in [4.69, 9.17) is 23.7 Å². The summed E-state index contributed by atoms with van der Waals surface area (Å²) in [4.78, 5) is 0. The van der Waals surface area contributed by atoms with E-state index in [1.165, 1.54) is 0 Å². The van der Waals surface area contributed by atoms with Crippen molar-refractivity contribution in [1.29, 1.82) is 0 Å². The zero-order valence-corrected chi connectivity index (χ0v) is 28.6. The molecule has 262 valence electrons. The second-order valence-corrected chi connectivity index (χ2v) is 12.4. The molecule has 1 fully saturated rings. The van der Waals surface area contributed by atoms with Gasteiger partial charge >= 0.3 is 0 Å². The summed E-state index contributed by atoms with van der Waals surface area (Å²) in [5, 5.41) is 31.3. The van der Waals surface area contributed by atoms with Gasteiger partial charge < -0.3 is 39.0 Å². The van der Waals surface area contributed by atoms with Gasteiger partial charge in [0.05, 0.1) is 31.3 Å². The summed E-state index contributed by atoms with van der Waals surface area (Å²) in [5.41, 5.74) is 5.19. The number of hydrogen-bond donors (Lipinski definition) is 3. The molecule has 0 amide bonds. The molecule has 0 saturated carbocycles. The average Bonchev–Trinajstić information content (AvgIpc) is 3.97. The van der Waals surface area contributed by atoms with Crippen molar-refractivity contribution in [3.8, 4) is 11.5 Å². The molecule has 0 spiro atoms. The number of aliphatic hydroxyl groups excluding tert-OH is 3. The first-order valence-corrected chi connectivity index (χ1v) is 17.4. The van der Waals surface area contributed by atoms with Crippen molar-refractivity contribution in [3.63, 3.8) is 0 Å². The topological polar surface area (TPSA) is 110 Å². The molecular formula is C41H50O8. The van der Waals surface area contributed by atoms with Gasteiger partial charge in [-0.3, -0.25) is 0 Å². The lowest BCUT2D eigenvalue weighted by atomic mass is 9.64. The third-order valence-electron chi connectivity index (χ3n) is 8.75. The summed E-state index contributed by atoms with van der Waals surface area (Å²) in [6, 6.07) is 33.3. The van der Waals surface area contributed by atoms with Gasteiger partial charge in [0, 0.05) is 26.2 Å². The first-order valence-electron chi connectivity index (χ1n) is 17.4. The van der Waals surface area contributed by atoms with Gasteiger partial charge in [0.1, 0.15) is 36.9 Å². The molecule has 3 atom stereocenters. The van der Waals surface area contributed by atoms with Gasteiger partial charge in [-0.1, -0.05) is 84.9 Å². The number of aryl methyl sites for hydroxylation is 1. The van der Waals surface area contributed by atoms with E-state index in [0.717, 1.165) is 33.4 Å². The van der Waals surface area contributed by atoms with Crippen LogP contribution in [0, 0.1) is 0 Å². The van der Waals surface area contributed by atoms with Gasteiger partial charge in [0.2, 0.25) is 0 Å². The van der Waals surface area contributed by atoms with E-state index in [0.29, 0.717) is 57.2 Å². The fourth-order valence-electron chi connectivity index (χ4n) is 6.31. The molecule has 3 unspecified atom stereocenters. The molecule has 8 nitrogen and oxygen atoms in total. The van der Waals surface area contributed by atoms with Crippen LogP contribution < -0.4 is 9.47 Å². The van der Waals surface area contributed by atoms with Crippen LogP contribution >= 0.6 is 0 Å². The van der Waals surface area contributed by atoms with E-state index < -0.39 is 17.6 Å². The van der Waals surface area contributed by atoms with Gasteiger partial charge in [0.15, 0.2) is 0 Å². The maximum atomic E-state index is 11.0. The average molecular weight is 671 g/mol. The molecule has 1 heterocycles. The number of epoxide rings is 1. The Balaban J connectivity index is 1.68. The summed E-state index contributed by atoms with van der Waals surface area (Å²) in [5.74, 6) is 1.37. The lowest BCUT2D eigenvalue weighted by Crippen LogP contribution is -2.31. The molecule has 8 heteroatoms. The van der Waals surface area contributed by atoms with Gasteiger partial charge in [-0.05, 0) is 72.2 Å². The highest BCUT2D eigenvalue weighted by molar-refractivity contribution is 5.62. The molecule has 1 saturated heterocycles. The Labute approximate surface area is 290 Å². The molecule has 1 aliphatic rings. The SMILES string of the molecule is CCOCC(O)COc1ccc(C(c2ccccc2)(c2ccccc2)c2ccc(OCC3CO3)c(CC(O)COCC)c2)cc1CCCO. The first-order chi connectivity index (χ1) is 24.0. The molecule has 1 aliphatic heterocycles. The van der Waals surface area contributed by atoms with Gasteiger partial charge in [-0.15, -0.1) is 0 Å². The number of ether oxygens (including phenoxy) is 5. The lowest BCUT2D eigenvalue weighted by molar-refractivity contribution is 0.0162. The quantitative estimate of drug-likeness (QED) is 0.0790. The maximum Gasteiger partial charge on any atom is 0.122 e. The zero-order valence-electron chi connectivity index (χ0n) is 28.6. The monoisotopic (exact) mass is 670 g/mol. The van der Waals surface area contributed by atoms with E-state index in [1.54, 1.807) is 0 Å². The highest BCUT2D eigenvalue weighted by Gasteiger charge is 2.39. The van der Waals surface area contributed by atoms with Gasteiger partial charge in [0.25, 0.3) is 0 Å². The van der Waals surface area contributed by atoms with Crippen LogP contribution in [0.4, 0.5) is 0 Å². The van der Waals surface area contributed by atoms with Crippen LogP contribution in [0.15, 0.2) is 97.1 Å². The Morgan fingerprint density at radius 2 is 1.24 bits per heavy atom. The van der Waals surface area contributed by atoms with Crippen LogP contribution in [0.2, 0.25) is 0 Å². The fraction of sp³-hybridized carbons (Fsp3) is 0.415. The smallest absolute Gasteiger partial charge is 0.122 e. The van der Waals surface area contributed by atoms with Gasteiger partial charge in [-0.25, -0.2) is 0 Å². The Bertz CT molecular complexity index is 1520. The minimum Gasteiger partial charge on any atom is -0.491 e. The van der Waals surface area contributed by atoms with Gasteiger partial charge in [-0.2, -0.15) is 0 Å². The van der Waals surface area contributed by atoms with Crippen molar-refractivity contribution in [2.45, 2.75) is 56.8 Å². The van der Waals surface area contributed by atoms with Crippen LogP contribution in [-0.2, 0) is 32.5 Å². The van der Waals surface area contributed by atoms with E-state index in [9.17, 15) is 15.3 Å². The summed E-state index contributed by atoms with van der Waals surface area (Å²) in [6.07, 6.45) is 0.119. The first kappa shape index (κ1) is 36.5. The predicted molar refractivity (Wildman–Crippen MR) is 190 cm³/mol. The van der Waals surface area contributed by atoms with E-state index >= 15 is 0 Å². The summed E-state index contributed by atoms with van der Waals surface area (Å²) < 4.78 is 28.8. The molecule has 4 aromatic carbocycles. The van der Waals surface area contributed by atoms with Crippen LogP contribution in [0.1, 0.15) is 53.6 Å². The van der Waals surface area contributed by atoms with Crippen molar-refractivity contribution >= 4 is 0 Å². The highest BCUT2D eigenvalue weighted by atomic mass is 16.6. The Hall–Kier alpha value is -3.76. The van der Waals surface area contributed by atoms with Crippen LogP contribution in [0.3, 0.4) is 0 Å². The summed E-state index contributed by atoms with van der Waals surface area (Å²) in [6.45, 7) is 6.54. The molecule has 3 N–H and O–H groups in total. The molecule has 5 rings (SSSR count). The Kier molecular flexibility index (Phi) is 13.6. The van der Waals surface area contributed by atoms with E-state index in [2.05, 4.69) is 72.8 Å². The lowest BCUT2D eigenvalue weighted by Gasteiger charge is -2.38. The summed E-state index contributed by atoms with van der Waals surface area (Å²) in [7, 11) is 0.